The van der Waals surface area contributed by atoms with Crippen LogP contribution in [0.5, 0.6) is 11.5 Å². The highest BCUT2D eigenvalue weighted by molar-refractivity contribution is 5.41. The van der Waals surface area contributed by atoms with Gasteiger partial charge in [0.15, 0.2) is 11.5 Å². The molecule has 1 rings (SSSR count). The number of aliphatic hydroxyl groups is 1. The van der Waals surface area contributed by atoms with E-state index in [0.29, 0.717) is 12.3 Å². The molecule has 108 valence electrons. The Labute approximate surface area is 115 Å². The van der Waals surface area contributed by atoms with Gasteiger partial charge in [-0.3, -0.25) is 0 Å². The number of phenolic OH excluding ortho intramolecular Hbond substituents is 1. The van der Waals surface area contributed by atoms with Gasteiger partial charge < -0.3 is 20.3 Å². The molecule has 0 aromatic heterocycles. The molecule has 0 heterocycles. The van der Waals surface area contributed by atoms with Crippen LogP contribution in [-0.2, 0) is 6.54 Å². The van der Waals surface area contributed by atoms with Crippen molar-refractivity contribution >= 4 is 0 Å². The van der Waals surface area contributed by atoms with E-state index in [9.17, 15) is 10.2 Å². The zero-order valence-corrected chi connectivity index (χ0v) is 12.1. The molecule has 0 spiro atoms. The van der Waals surface area contributed by atoms with Crippen LogP contribution in [0.2, 0.25) is 0 Å². The van der Waals surface area contributed by atoms with E-state index in [4.69, 9.17) is 4.74 Å². The summed E-state index contributed by atoms with van der Waals surface area (Å²) in [4.78, 5) is 0. The normalized spacial score (nSPS) is 11.6. The topological polar surface area (TPSA) is 61.7 Å². The molecule has 0 aliphatic carbocycles. The van der Waals surface area contributed by atoms with Gasteiger partial charge in [0.25, 0.3) is 0 Å². The third-order valence-electron chi connectivity index (χ3n) is 3.91. The number of ether oxygens (including phenoxy) is 1. The lowest BCUT2D eigenvalue weighted by atomic mass is 9.83. The van der Waals surface area contributed by atoms with Gasteiger partial charge in [0.1, 0.15) is 0 Å². The van der Waals surface area contributed by atoms with Crippen LogP contribution < -0.4 is 10.1 Å². The van der Waals surface area contributed by atoms with Crippen molar-refractivity contribution in [1.29, 1.82) is 0 Å². The lowest BCUT2D eigenvalue weighted by Gasteiger charge is -2.29. The maximum Gasteiger partial charge on any atom is 0.160 e. The zero-order valence-electron chi connectivity index (χ0n) is 12.1. The Morgan fingerprint density at radius 2 is 1.95 bits per heavy atom. The van der Waals surface area contributed by atoms with Gasteiger partial charge in [-0.15, -0.1) is 0 Å². The van der Waals surface area contributed by atoms with E-state index >= 15 is 0 Å². The lowest BCUT2D eigenvalue weighted by Crippen LogP contribution is -2.36. The fraction of sp³-hybridized carbons (Fsp3) is 0.600. The van der Waals surface area contributed by atoms with Crippen LogP contribution in [0.4, 0.5) is 0 Å². The van der Waals surface area contributed by atoms with Crippen molar-refractivity contribution in [3.05, 3.63) is 23.8 Å². The van der Waals surface area contributed by atoms with Crippen LogP contribution in [0.15, 0.2) is 18.2 Å². The summed E-state index contributed by atoms with van der Waals surface area (Å²) in [6, 6.07) is 5.37. The Bertz CT molecular complexity index is 381. The van der Waals surface area contributed by atoms with Crippen LogP contribution in [0.1, 0.15) is 32.3 Å². The van der Waals surface area contributed by atoms with Crippen molar-refractivity contribution in [3.8, 4) is 11.5 Å². The third kappa shape index (κ3) is 4.11. The largest absolute Gasteiger partial charge is 0.504 e. The molecular weight excluding hydrogens is 242 g/mol. The second kappa shape index (κ2) is 7.36. The van der Waals surface area contributed by atoms with Crippen molar-refractivity contribution in [2.75, 3.05) is 20.3 Å². The van der Waals surface area contributed by atoms with Gasteiger partial charge in [0.05, 0.1) is 7.11 Å². The van der Waals surface area contributed by atoms with Crippen molar-refractivity contribution in [2.45, 2.75) is 33.2 Å². The number of rotatable bonds is 8. The van der Waals surface area contributed by atoms with Gasteiger partial charge in [-0.05, 0) is 30.5 Å². The summed E-state index contributed by atoms with van der Waals surface area (Å²) in [5.41, 5.74) is 0.950. The molecule has 0 amide bonds. The molecule has 0 bridgehead atoms. The standard InChI is InChI=1S/C15H25NO3/c1-4-15(5-2,11-17)10-16-9-12-6-7-14(19-3)13(18)8-12/h6-8,16-18H,4-5,9-11H2,1-3H3. The summed E-state index contributed by atoms with van der Waals surface area (Å²) in [5, 5.41) is 22.5. The maximum atomic E-state index is 9.70. The Morgan fingerprint density at radius 1 is 1.26 bits per heavy atom. The highest BCUT2D eigenvalue weighted by atomic mass is 16.5. The number of aromatic hydroxyl groups is 1. The zero-order chi connectivity index (χ0) is 14.3. The van der Waals surface area contributed by atoms with E-state index in [2.05, 4.69) is 19.2 Å². The summed E-state index contributed by atoms with van der Waals surface area (Å²) >= 11 is 0. The van der Waals surface area contributed by atoms with Crippen molar-refractivity contribution < 1.29 is 14.9 Å². The fourth-order valence-electron chi connectivity index (χ4n) is 2.10. The summed E-state index contributed by atoms with van der Waals surface area (Å²) in [7, 11) is 1.53. The summed E-state index contributed by atoms with van der Waals surface area (Å²) in [6.45, 7) is 5.82. The number of hydrogen-bond acceptors (Lipinski definition) is 4. The maximum absolute atomic E-state index is 9.70. The summed E-state index contributed by atoms with van der Waals surface area (Å²) in [6.07, 6.45) is 1.89. The van der Waals surface area contributed by atoms with Gasteiger partial charge in [-0.2, -0.15) is 0 Å². The first kappa shape index (κ1) is 15.8. The van der Waals surface area contributed by atoms with Crippen LogP contribution >= 0.6 is 0 Å². The molecule has 0 radical (unpaired) electrons. The molecule has 0 aliphatic rings. The molecule has 1 aromatic carbocycles. The molecule has 0 aliphatic heterocycles. The Hall–Kier alpha value is -1.26. The van der Waals surface area contributed by atoms with E-state index in [1.165, 1.54) is 7.11 Å². The number of phenols is 1. The first-order valence-electron chi connectivity index (χ1n) is 6.78. The fourth-order valence-corrected chi connectivity index (χ4v) is 2.10. The average molecular weight is 267 g/mol. The van der Waals surface area contributed by atoms with E-state index in [-0.39, 0.29) is 17.8 Å². The van der Waals surface area contributed by atoms with E-state index < -0.39 is 0 Å². The second-order valence-corrected chi connectivity index (χ2v) is 4.97. The molecule has 0 saturated carbocycles. The molecule has 4 nitrogen and oxygen atoms in total. The molecule has 3 N–H and O–H groups in total. The smallest absolute Gasteiger partial charge is 0.160 e. The first-order valence-corrected chi connectivity index (χ1v) is 6.78. The van der Waals surface area contributed by atoms with Crippen molar-refractivity contribution in [2.24, 2.45) is 5.41 Å². The van der Waals surface area contributed by atoms with Gasteiger partial charge in [-0.25, -0.2) is 0 Å². The minimum Gasteiger partial charge on any atom is -0.504 e. The number of nitrogens with one attached hydrogen (secondary N) is 1. The molecular formula is C15H25NO3. The second-order valence-electron chi connectivity index (χ2n) is 4.97. The van der Waals surface area contributed by atoms with Gasteiger partial charge in [0.2, 0.25) is 0 Å². The van der Waals surface area contributed by atoms with Gasteiger partial charge in [0, 0.05) is 25.1 Å². The van der Waals surface area contributed by atoms with Gasteiger partial charge >= 0.3 is 0 Å². The lowest BCUT2D eigenvalue weighted by molar-refractivity contribution is 0.113. The number of hydrogen-bond donors (Lipinski definition) is 3. The van der Waals surface area contributed by atoms with Crippen LogP contribution in [0.25, 0.3) is 0 Å². The van der Waals surface area contributed by atoms with Crippen LogP contribution in [-0.4, -0.2) is 30.5 Å². The predicted octanol–water partition coefficient (Wildman–Crippen LogP) is 2.29. The Balaban J connectivity index is 2.55. The first-order chi connectivity index (χ1) is 9.10. The summed E-state index contributed by atoms with van der Waals surface area (Å²) in [5.74, 6) is 0.636. The Morgan fingerprint density at radius 3 is 2.42 bits per heavy atom. The number of methoxy groups -OCH3 is 1. The molecule has 0 unspecified atom stereocenters. The number of benzene rings is 1. The number of aliphatic hydroxyl groups excluding tert-OH is 1. The Kier molecular flexibility index (Phi) is 6.12. The van der Waals surface area contributed by atoms with Crippen molar-refractivity contribution in [3.63, 3.8) is 0 Å². The van der Waals surface area contributed by atoms with E-state index in [0.717, 1.165) is 24.9 Å². The molecule has 1 aromatic rings. The van der Waals surface area contributed by atoms with Crippen LogP contribution in [0.3, 0.4) is 0 Å². The minimum absolute atomic E-state index is 0.0471. The highest BCUT2D eigenvalue weighted by Gasteiger charge is 2.24. The third-order valence-corrected chi connectivity index (χ3v) is 3.91. The minimum atomic E-state index is -0.0471. The SMILES string of the molecule is CCC(CC)(CO)CNCc1ccc(OC)c(O)c1. The monoisotopic (exact) mass is 267 g/mol. The van der Waals surface area contributed by atoms with Crippen LogP contribution in [0, 0.1) is 5.41 Å². The van der Waals surface area contributed by atoms with E-state index in [1.807, 2.05) is 6.07 Å². The predicted molar refractivity (Wildman–Crippen MR) is 76.5 cm³/mol. The van der Waals surface area contributed by atoms with Gasteiger partial charge in [-0.1, -0.05) is 19.9 Å². The molecule has 4 heteroatoms. The van der Waals surface area contributed by atoms with E-state index in [1.54, 1.807) is 12.1 Å². The molecule has 0 saturated heterocycles. The van der Waals surface area contributed by atoms with Crippen molar-refractivity contribution in [1.82, 2.24) is 5.32 Å². The molecule has 0 atom stereocenters. The molecule has 19 heavy (non-hydrogen) atoms. The highest BCUT2D eigenvalue weighted by Crippen LogP contribution is 2.27. The molecule has 0 fully saturated rings. The quantitative estimate of drug-likeness (QED) is 0.676. The summed E-state index contributed by atoms with van der Waals surface area (Å²) < 4.78 is 5.01. The average Bonchev–Trinajstić information content (AvgIpc) is 2.44.